The summed E-state index contributed by atoms with van der Waals surface area (Å²) in [4.78, 5) is 43.8. The van der Waals surface area contributed by atoms with Gasteiger partial charge in [-0.2, -0.15) is 0 Å². The lowest BCUT2D eigenvalue weighted by atomic mass is 10.0. The Morgan fingerprint density at radius 1 is 1.05 bits per heavy atom. The highest BCUT2D eigenvalue weighted by molar-refractivity contribution is 6.34. The van der Waals surface area contributed by atoms with Crippen LogP contribution in [-0.4, -0.2) is 46.8 Å². The first-order valence-electron chi connectivity index (χ1n) is 11.9. The van der Waals surface area contributed by atoms with E-state index in [-0.39, 0.29) is 24.8 Å². The van der Waals surface area contributed by atoms with E-state index in [1.165, 1.54) is 4.90 Å². The smallest absolute Gasteiger partial charge is 0.305 e. The summed E-state index contributed by atoms with van der Waals surface area (Å²) in [7, 11) is 0. The molecule has 194 valence electrons. The van der Waals surface area contributed by atoms with Crippen LogP contribution in [0.1, 0.15) is 44.3 Å². The highest BCUT2D eigenvalue weighted by atomic mass is 35.5. The summed E-state index contributed by atoms with van der Waals surface area (Å²) in [6, 6.07) is 16.1. The van der Waals surface area contributed by atoms with Crippen molar-refractivity contribution < 1.29 is 19.5 Å². The van der Waals surface area contributed by atoms with Gasteiger partial charge in [0, 0.05) is 45.6 Å². The molecule has 2 heterocycles. The molecular formula is C27H23Cl2N5O4. The molecule has 3 aromatic rings. The van der Waals surface area contributed by atoms with Gasteiger partial charge in [-0.25, -0.2) is 0 Å². The Balaban J connectivity index is 1.34. The fourth-order valence-corrected chi connectivity index (χ4v) is 5.10. The highest BCUT2D eigenvalue weighted by Crippen LogP contribution is 2.36. The zero-order valence-corrected chi connectivity index (χ0v) is 21.5. The molecular weight excluding hydrogens is 529 g/mol. The number of hydrogen-bond donors (Lipinski definition) is 4. The average Bonchev–Trinajstić information content (AvgIpc) is 3.50. The third-order valence-corrected chi connectivity index (χ3v) is 6.71. The third kappa shape index (κ3) is 5.58. The molecule has 3 aromatic carbocycles. The van der Waals surface area contributed by atoms with E-state index >= 15 is 0 Å². The first-order chi connectivity index (χ1) is 18.3. The molecule has 0 radical (unpaired) electrons. The van der Waals surface area contributed by atoms with Gasteiger partial charge in [0.15, 0.2) is 5.96 Å². The van der Waals surface area contributed by atoms with Gasteiger partial charge in [-0.1, -0.05) is 35.3 Å². The van der Waals surface area contributed by atoms with E-state index in [9.17, 15) is 19.5 Å². The van der Waals surface area contributed by atoms with E-state index in [0.717, 1.165) is 17.8 Å². The zero-order chi connectivity index (χ0) is 26.8. The van der Waals surface area contributed by atoms with Crippen LogP contribution in [0, 0.1) is 0 Å². The minimum Gasteiger partial charge on any atom is -0.481 e. The number of carboxylic acid groups (broad SMARTS) is 1. The van der Waals surface area contributed by atoms with E-state index in [4.69, 9.17) is 23.2 Å². The van der Waals surface area contributed by atoms with Crippen LogP contribution in [0.3, 0.4) is 0 Å². The Bertz CT molecular complexity index is 1460. The molecule has 0 aliphatic carbocycles. The number of carboxylic acids is 1. The average molecular weight is 552 g/mol. The summed E-state index contributed by atoms with van der Waals surface area (Å²) in [5.74, 6) is -1.08. The Labute approximate surface area is 228 Å². The highest BCUT2D eigenvalue weighted by Gasteiger charge is 2.35. The Hall–Kier alpha value is -4.08. The molecule has 11 heteroatoms. The molecule has 2 aliphatic heterocycles. The number of aliphatic carboxylic acids is 1. The molecule has 0 bridgehead atoms. The fourth-order valence-electron chi connectivity index (χ4n) is 4.55. The van der Waals surface area contributed by atoms with Crippen molar-refractivity contribution in [3.63, 3.8) is 0 Å². The number of nitrogens with one attached hydrogen (secondary N) is 3. The topological polar surface area (TPSA) is 123 Å². The molecule has 38 heavy (non-hydrogen) atoms. The van der Waals surface area contributed by atoms with E-state index in [1.807, 2.05) is 6.07 Å². The van der Waals surface area contributed by atoms with Crippen LogP contribution >= 0.6 is 23.2 Å². The maximum absolute atomic E-state index is 13.4. The van der Waals surface area contributed by atoms with Crippen LogP contribution in [0.5, 0.6) is 0 Å². The molecule has 1 atom stereocenters. The predicted octanol–water partition coefficient (Wildman–Crippen LogP) is 4.79. The van der Waals surface area contributed by atoms with Gasteiger partial charge in [0.1, 0.15) is 0 Å². The van der Waals surface area contributed by atoms with Crippen LogP contribution < -0.4 is 16.0 Å². The second-order valence-corrected chi connectivity index (χ2v) is 9.81. The van der Waals surface area contributed by atoms with E-state index in [1.54, 1.807) is 54.6 Å². The van der Waals surface area contributed by atoms with Crippen molar-refractivity contribution in [1.82, 2.24) is 10.2 Å². The monoisotopic (exact) mass is 551 g/mol. The number of benzene rings is 3. The lowest BCUT2D eigenvalue weighted by Crippen LogP contribution is -2.31. The molecule has 2 amide bonds. The number of anilines is 2. The number of carbonyl (C=O) groups is 3. The molecule has 9 nitrogen and oxygen atoms in total. The first-order valence-corrected chi connectivity index (χ1v) is 12.6. The van der Waals surface area contributed by atoms with Crippen LogP contribution in [0.15, 0.2) is 65.7 Å². The molecule has 2 aliphatic rings. The van der Waals surface area contributed by atoms with Gasteiger partial charge < -0.3 is 26.0 Å². The maximum Gasteiger partial charge on any atom is 0.305 e. The van der Waals surface area contributed by atoms with Crippen molar-refractivity contribution in [3.8, 4) is 0 Å². The normalized spacial score (nSPS) is 14.9. The number of hydrogen-bond acceptors (Lipinski definition) is 6. The number of halogens is 2. The van der Waals surface area contributed by atoms with E-state index in [2.05, 4.69) is 20.9 Å². The number of nitrogens with zero attached hydrogens (tertiary/aromatic N) is 2. The van der Waals surface area contributed by atoms with Crippen LogP contribution in [0.4, 0.5) is 11.4 Å². The minimum atomic E-state index is -1.06. The van der Waals surface area contributed by atoms with Crippen LogP contribution in [0.2, 0.25) is 10.0 Å². The SMILES string of the molecule is O=C(O)CC(c1cc(Cl)cc(Cl)c1)N1Cc2ccc(NC(=O)c3cccc(NC4=NCCN4)c3)cc2C1=O. The summed E-state index contributed by atoms with van der Waals surface area (Å²) in [5, 5.41) is 19.3. The predicted molar refractivity (Wildman–Crippen MR) is 146 cm³/mol. The van der Waals surface area contributed by atoms with Gasteiger partial charge in [-0.15, -0.1) is 0 Å². The summed E-state index contributed by atoms with van der Waals surface area (Å²) in [6.07, 6.45) is -0.313. The largest absolute Gasteiger partial charge is 0.481 e. The molecule has 0 aromatic heterocycles. The third-order valence-electron chi connectivity index (χ3n) is 6.28. The number of amides is 2. The molecule has 0 fully saturated rings. The second-order valence-electron chi connectivity index (χ2n) is 8.94. The van der Waals surface area contributed by atoms with Crippen molar-refractivity contribution in [3.05, 3.63) is 93.0 Å². The van der Waals surface area contributed by atoms with Crippen LogP contribution in [0.25, 0.3) is 0 Å². The maximum atomic E-state index is 13.4. The Kier molecular flexibility index (Phi) is 7.22. The molecule has 0 saturated heterocycles. The molecule has 4 N–H and O–H groups in total. The fraction of sp³-hybridized carbons (Fsp3) is 0.185. The first kappa shape index (κ1) is 25.6. The summed E-state index contributed by atoms with van der Waals surface area (Å²) >= 11 is 12.3. The van der Waals surface area contributed by atoms with Crippen molar-refractivity contribution in [2.75, 3.05) is 23.7 Å². The lowest BCUT2D eigenvalue weighted by Gasteiger charge is -2.27. The van der Waals surface area contributed by atoms with Gasteiger partial charge in [0.2, 0.25) is 0 Å². The Morgan fingerprint density at radius 3 is 2.55 bits per heavy atom. The van der Waals surface area contributed by atoms with Gasteiger partial charge in [-0.3, -0.25) is 19.4 Å². The quantitative estimate of drug-likeness (QED) is 0.335. The van der Waals surface area contributed by atoms with Crippen molar-refractivity contribution in [2.24, 2.45) is 4.99 Å². The van der Waals surface area contributed by atoms with E-state index < -0.39 is 12.0 Å². The number of fused-ring (bicyclic) bond motifs is 1. The zero-order valence-electron chi connectivity index (χ0n) is 20.0. The van der Waals surface area contributed by atoms with Gasteiger partial charge in [0.05, 0.1) is 19.0 Å². The Morgan fingerprint density at radius 2 is 1.84 bits per heavy atom. The molecule has 0 spiro atoms. The van der Waals surface area contributed by atoms with Crippen molar-refractivity contribution >= 4 is 58.3 Å². The summed E-state index contributed by atoms with van der Waals surface area (Å²) in [5.41, 5.74) is 3.26. The van der Waals surface area contributed by atoms with Crippen molar-refractivity contribution in [1.29, 1.82) is 0 Å². The number of carbonyl (C=O) groups excluding carboxylic acids is 2. The van der Waals surface area contributed by atoms with Crippen molar-refractivity contribution in [2.45, 2.75) is 19.0 Å². The molecule has 5 rings (SSSR count). The van der Waals surface area contributed by atoms with Crippen LogP contribution in [-0.2, 0) is 11.3 Å². The van der Waals surface area contributed by atoms with Gasteiger partial charge in [0.25, 0.3) is 11.8 Å². The van der Waals surface area contributed by atoms with Gasteiger partial charge >= 0.3 is 5.97 Å². The molecule has 1 unspecified atom stereocenters. The number of guanidine groups is 1. The number of rotatable bonds is 7. The molecule has 0 saturated carbocycles. The van der Waals surface area contributed by atoms with E-state index in [0.29, 0.717) is 44.9 Å². The lowest BCUT2D eigenvalue weighted by molar-refractivity contribution is -0.138. The minimum absolute atomic E-state index is 0.218. The summed E-state index contributed by atoms with van der Waals surface area (Å²) < 4.78 is 0. The summed E-state index contributed by atoms with van der Waals surface area (Å²) in [6.45, 7) is 1.68. The van der Waals surface area contributed by atoms with Gasteiger partial charge in [-0.05, 0) is 59.7 Å². The second kappa shape index (κ2) is 10.7. The standard InChI is InChI=1S/C27H23Cl2N5O4/c28-18-8-17(9-19(29)11-18)23(13-24(35)36)34-14-16-4-5-21(12-22(16)26(34)38)32-25(37)15-2-1-3-20(10-15)33-27-30-6-7-31-27/h1-5,8-12,23H,6-7,13-14H2,(H,32,37)(H,35,36)(H2,30,31,33). The number of aliphatic imine (C=N–C) groups is 1.